The zero-order valence-electron chi connectivity index (χ0n) is 8.74. The van der Waals surface area contributed by atoms with E-state index in [2.05, 4.69) is 4.74 Å². The van der Waals surface area contributed by atoms with E-state index < -0.39 is 38.1 Å². The van der Waals surface area contributed by atoms with Gasteiger partial charge in [0.2, 0.25) is 10.0 Å². The quantitative estimate of drug-likeness (QED) is 0.818. The first-order valence-corrected chi connectivity index (χ1v) is 6.01. The number of rotatable bonds is 3. The highest BCUT2D eigenvalue weighted by molar-refractivity contribution is 7.89. The summed E-state index contributed by atoms with van der Waals surface area (Å²) in [5.41, 5.74) is -1.07. The molecule has 5 nitrogen and oxygen atoms in total. The van der Waals surface area contributed by atoms with Crippen LogP contribution in [0, 0.1) is 11.6 Å². The van der Waals surface area contributed by atoms with E-state index in [0.29, 0.717) is 12.1 Å². The van der Waals surface area contributed by atoms with Gasteiger partial charge >= 0.3 is 5.97 Å². The molecule has 0 bridgehead atoms. The van der Waals surface area contributed by atoms with E-state index >= 15 is 0 Å². The Balaban J connectivity index is 3.46. The predicted octanol–water partition coefficient (Wildman–Crippen LogP) is 0.789. The number of hydrogen-bond acceptors (Lipinski definition) is 4. The van der Waals surface area contributed by atoms with Crippen LogP contribution in [0.15, 0.2) is 17.0 Å². The van der Waals surface area contributed by atoms with Crippen molar-refractivity contribution in [2.45, 2.75) is 11.8 Å². The van der Waals surface area contributed by atoms with Crippen LogP contribution in [0.5, 0.6) is 0 Å². The van der Waals surface area contributed by atoms with Gasteiger partial charge in [0.1, 0.15) is 16.3 Å². The van der Waals surface area contributed by atoms with Crippen molar-refractivity contribution >= 4 is 16.0 Å². The molecule has 94 valence electrons. The van der Waals surface area contributed by atoms with Gasteiger partial charge in [-0.2, -0.15) is 0 Å². The summed E-state index contributed by atoms with van der Waals surface area (Å²) in [7, 11) is -4.37. The maximum Gasteiger partial charge on any atom is 0.344 e. The number of hydrogen-bond donors (Lipinski definition) is 1. The van der Waals surface area contributed by atoms with Crippen molar-refractivity contribution in [1.29, 1.82) is 0 Å². The smallest absolute Gasteiger partial charge is 0.344 e. The summed E-state index contributed by atoms with van der Waals surface area (Å²) >= 11 is 0. The number of esters is 1. The second-order valence-electron chi connectivity index (χ2n) is 3.00. The first kappa shape index (κ1) is 13.5. The third kappa shape index (κ3) is 2.77. The predicted molar refractivity (Wildman–Crippen MR) is 53.7 cm³/mol. The molecule has 0 radical (unpaired) electrons. The number of benzene rings is 1. The number of ether oxygens (including phenoxy) is 1. The Labute approximate surface area is 96.2 Å². The largest absolute Gasteiger partial charge is 0.462 e. The molecule has 0 aliphatic heterocycles. The van der Waals surface area contributed by atoms with Gasteiger partial charge in [-0.1, -0.05) is 0 Å². The van der Waals surface area contributed by atoms with Crippen molar-refractivity contribution in [2.75, 3.05) is 6.61 Å². The summed E-state index contributed by atoms with van der Waals surface area (Å²) in [6.45, 7) is 1.34. The summed E-state index contributed by atoms with van der Waals surface area (Å²) < 4.78 is 53.1. The fourth-order valence-corrected chi connectivity index (χ4v) is 1.75. The van der Waals surface area contributed by atoms with Crippen LogP contribution in [0.1, 0.15) is 17.3 Å². The lowest BCUT2D eigenvalue weighted by molar-refractivity contribution is 0.0514. The Bertz CT molecular complexity index is 556. The highest BCUT2D eigenvalue weighted by Crippen LogP contribution is 2.20. The van der Waals surface area contributed by atoms with Crippen LogP contribution >= 0.6 is 0 Å². The van der Waals surface area contributed by atoms with E-state index in [1.165, 1.54) is 6.92 Å². The Kier molecular flexibility index (Phi) is 3.79. The average molecular weight is 265 g/mol. The van der Waals surface area contributed by atoms with Crippen LogP contribution in [0.2, 0.25) is 0 Å². The molecule has 0 heterocycles. The molecular formula is C9H9F2NO4S. The van der Waals surface area contributed by atoms with Crippen molar-refractivity contribution in [3.8, 4) is 0 Å². The van der Waals surface area contributed by atoms with Crippen molar-refractivity contribution < 1.29 is 26.7 Å². The first-order chi connectivity index (χ1) is 7.79. The van der Waals surface area contributed by atoms with E-state index in [0.717, 1.165) is 0 Å². The molecule has 0 aliphatic carbocycles. The van der Waals surface area contributed by atoms with Crippen molar-refractivity contribution in [2.24, 2.45) is 5.14 Å². The monoisotopic (exact) mass is 265 g/mol. The van der Waals surface area contributed by atoms with E-state index in [9.17, 15) is 22.0 Å². The lowest BCUT2D eigenvalue weighted by Gasteiger charge is -2.07. The fraction of sp³-hybridized carbons (Fsp3) is 0.222. The third-order valence-corrected chi connectivity index (χ3v) is 2.77. The maximum absolute atomic E-state index is 13.6. The van der Waals surface area contributed by atoms with Crippen LogP contribution in [0.4, 0.5) is 8.78 Å². The van der Waals surface area contributed by atoms with Gasteiger partial charge in [0.05, 0.1) is 6.61 Å². The Morgan fingerprint density at radius 1 is 1.41 bits per heavy atom. The molecule has 0 saturated heterocycles. The Morgan fingerprint density at radius 2 is 2.00 bits per heavy atom. The van der Waals surface area contributed by atoms with Crippen molar-refractivity contribution in [3.63, 3.8) is 0 Å². The topological polar surface area (TPSA) is 86.5 Å². The van der Waals surface area contributed by atoms with Crippen molar-refractivity contribution in [1.82, 2.24) is 0 Å². The molecule has 1 aromatic rings. The molecule has 0 spiro atoms. The number of halogens is 2. The number of sulfonamides is 1. The maximum atomic E-state index is 13.6. The second kappa shape index (κ2) is 4.76. The molecule has 0 unspecified atom stereocenters. The normalized spacial score (nSPS) is 11.3. The molecule has 0 atom stereocenters. The molecule has 0 fully saturated rings. The van der Waals surface area contributed by atoms with Gasteiger partial charge in [0.15, 0.2) is 5.82 Å². The number of nitrogens with two attached hydrogens (primary N) is 1. The van der Waals surface area contributed by atoms with Crippen LogP contribution in [0.25, 0.3) is 0 Å². The van der Waals surface area contributed by atoms with E-state index in [1.807, 2.05) is 0 Å². The molecular weight excluding hydrogens is 256 g/mol. The van der Waals surface area contributed by atoms with Crippen LogP contribution < -0.4 is 5.14 Å². The van der Waals surface area contributed by atoms with Gasteiger partial charge in [-0.15, -0.1) is 0 Å². The highest BCUT2D eigenvalue weighted by Gasteiger charge is 2.25. The summed E-state index contributed by atoms with van der Waals surface area (Å²) in [5, 5.41) is 4.71. The van der Waals surface area contributed by atoms with Gasteiger partial charge < -0.3 is 4.74 Å². The van der Waals surface area contributed by atoms with Gasteiger partial charge in [-0.3, -0.25) is 0 Å². The first-order valence-electron chi connectivity index (χ1n) is 4.47. The fourth-order valence-electron chi connectivity index (χ4n) is 1.14. The molecule has 0 aliphatic rings. The minimum absolute atomic E-state index is 0.0999. The molecule has 1 rings (SSSR count). The van der Waals surface area contributed by atoms with E-state index in [4.69, 9.17) is 5.14 Å². The molecule has 2 N–H and O–H groups in total. The van der Waals surface area contributed by atoms with Crippen molar-refractivity contribution in [3.05, 3.63) is 29.3 Å². The van der Waals surface area contributed by atoms with Gasteiger partial charge in [-0.25, -0.2) is 27.1 Å². The van der Waals surface area contributed by atoms with Gasteiger partial charge in [-0.05, 0) is 19.1 Å². The van der Waals surface area contributed by atoms with Gasteiger partial charge in [0, 0.05) is 0 Å². The van der Waals surface area contributed by atoms with Crippen LogP contribution in [0.3, 0.4) is 0 Å². The lowest BCUT2D eigenvalue weighted by atomic mass is 10.2. The molecule has 0 saturated carbocycles. The molecule has 17 heavy (non-hydrogen) atoms. The SMILES string of the molecule is CCOC(=O)c1c(F)ccc(S(N)(=O)=O)c1F. The summed E-state index contributed by atoms with van der Waals surface area (Å²) in [4.78, 5) is 10.3. The highest BCUT2D eigenvalue weighted by atomic mass is 32.2. The number of carbonyl (C=O) groups excluding carboxylic acids is 1. The van der Waals surface area contributed by atoms with Crippen LogP contribution in [-0.2, 0) is 14.8 Å². The number of primary sulfonamides is 1. The molecule has 0 aromatic heterocycles. The van der Waals surface area contributed by atoms with Crippen LogP contribution in [-0.4, -0.2) is 21.0 Å². The lowest BCUT2D eigenvalue weighted by Crippen LogP contribution is -2.18. The molecule has 1 aromatic carbocycles. The molecule has 0 amide bonds. The summed E-state index contributed by atoms with van der Waals surface area (Å²) in [6, 6.07) is 1.28. The Morgan fingerprint density at radius 3 is 2.47 bits per heavy atom. The summed E-state index contributed by atoms with van der Waals surface area (Å²) in [6.07, 6.45) is 0. The summed E-state index contributed by atoms with van der Waals surface area (Å²) in [5.74, 6) is -4.05. The zero-order chi connectivity index (χ0) is 13.2. The zero-order valence-corrected chi connectivity index (χ0v) is 9.55. The molecule has 8 heteroatoms. The van der Waals surface area contributed by atoms with E-state index in [-0.39, 0.29) is 6.61 Å². The number of carbonyl (C=O) groups is 1. The van der Waals surface area contributed by atoms with Gasteiger partial charge in [0.25, 0.3) is 0 Å². The minimum Gasteiger partial charge on any atom is -0.462 e. The average Bonchev–Trinajstić information content (AvgIpc) is 2.15. The third-order valence-electron chi connectivity index (χ3n) is 1.84. The van der Waals surface area contributed by atoms with E-state index in [1.54, 1.807) is 0 Å². The Hall–Kier alpha value is -1.54. The minimum atomic E-state index is -4.37. The second-order valence-corrected chi connectivity index (χ2v) is 4.53. The standard InChI is InChI=1S/C9H9F2NO4S/c1-2-16-9(13)7-5(10)3-4-6(8(7)11)17(12,14)15/h3-4H,2H2,1H3,(H2,12,14,15).